The van der Waals surface area contributed by atoms with Crippen LogP contribution in [0.25, 0.3) is 110 Å². The summed E-state index contributed by atoms with van der Waals surface area (Å²) >= 11 is 0. The summed E-state index contributed by atoms with van der Waals surface area (Å²) in [4.78, 5) is 4.75. The Balaban J connectivity index is 0.791. The Morgan fingerprint density at radius 3 is 0.902 bits per heavy atom. The lowest BCUT2D eigenvalue weighted by Crippen LogP contribution is -2.17. The quantitative estimate of drug-likeness (QED) is 0.152. The van der Waals surface area contributed by atoms with Gasteiger partial charge < -0.3 is 27.8 Å². The zero-order valence-electron chi connectivity index (χ0n) is 54.7. The Labute approximate surface area is 538 Å². The molecule has 452 valence electrons. The Hall–Kier alpha value is -10.3. The van der Waals surface area contributed by atoms with Gasteiger partial charge in [-0.25, -0.2) is 0 Å². The zero-order chi connectivity index (χ0) is 63.3. The lowest BCUT2D eigenvalue weighted by Gasteiger charge is -2.27. The Bertz CT molecular complexity index is 5210. The molecule has 0 N–H and O–H groups in total. The summed E-state index contributed by atoms with van der Waals surface area (Å²) < 4.78 is 18.6. The summed E-state index contributed by atoms with van der Waals surface area (Å²) in [7, 11) is 0. The van der Waals surface area contributed by atoms with Crippen LogP contribution in [0.5, 0.6) is 0 Å². The smallest absolute Gasteiger partial charge is 0.136 e. The number of anilines is 6. The van der Waals surface area contributed by atoms with Gasteiger partial charge in [-0.1, -0.05) is 168 Å². The zero-order valence-corrected chi connectivity index (χ0v) is 54.7. The molecule has 12 aromatic carbocycles. The highest BCUT2D eigenvalue weighted by atomic mass is 16.3. The van der Waals surface area contributed by atoms with Gasteiger partial charge in [-0.15, -0.1) is 0 Å². The van der Waals surface area contributed by atoms with Crippen molar-refractivity contribution in [2.75, 3.05) is 9.80 Å². The van der Waals surface area contributed by atoms with Crippen molar-refractivity contribution >= 4 is 132 Å². The minimum absolute atomic E-state index is 0.0184. The topological polar surface area (TPSA) is 42.6 Å². The van der Waals surface area contributed by atoms with Crippen LogP contribution < -0.4 is 9.80 Å². The number of hydrogen-bond acceptors (Lipinski definition) is 4. The van der Waals surface area contributed by atoms with Gasteiger partial charge in [0.1, 0.15) is 22.3 Å². The van der Waals surface area contributed by atoms with Gasteiger partial charge >= 0.3 is 0 Å². The van der Waals surface area contributed by atoms with Gasteiger partial charge in [-0.3, -0.25) is 0 Å². The summed E-state index contributed by atoms with van der Waals surface area (Å²) in [6, 6.07) is 89.7. The summed E-state index contributed by atoms with van der Waals surface area (Å²) in [5.41, 5.74) is 22.1. The Morgan fingerprint density at radius 2 is 0.543 bits per heavy atom. The summed E-state index contributed by atoms with van der Waals surface area (Å²) in [6.07, 6.45) is 0. The molecule has 0 bridgehead atoms. The van der Waals surface area contributed by atoms with E-state index in [1.54, 1.807) is 0 Å². The molecule has 6 heteroatoms. The van der Waals surface area contributed by atoms with Crippen LogP contribution in [0.3, 0.4) is 0 Å². The first kappa shape index (κ1) is 56.9. The predicted octanol–water partition coefficient (Wildman–Crippen LogP) is 25.0. The molecule has 0 aliphatic carbocycles. The monoisotopic (exact) mass is 1200 g/mol. The van der Waals surface area contributed by atoms with Crippen LogP contribution in [0.15, 0.2) is 251 Å². The molecule has 0 saturated heterocycles. The highest BCUT2D eigenvalue weighted by Crippen LogP contribution is 2.47. The number of furan rings is 2. The minimum atomic E-state index is -0.0184. The summed E-state index contributed by atoms with van der Waals surface area (Å²) in [6.45, 7) is 27.7. The van der Waals surface area contributed by atoms with E-state index >= 15 is 0 Å². The third kappa shape index (κ3) is 9.52. The van der Waals surface area contributed by atoms with E-state index in [9.17, 15) is 0 Å². The number of rotatable bonds is 8. The number of hydrogen-bond donors (Lipinski definition) is 0. The van der Waals surface area contributed by atoms with Crippen molar-refractivity contribution in [3.63, 3.8) is 0 Å². The molecule has 0 radical (unpaired) electrons. The molecule has 0 aliphatic heterocycles. The second kappa shape index (κ2) is 20.6. The molecule has 92 heavy (non-hydrogen) atoms. The van der Waals surface area contributed by atoms with Gasteiger partial charge in [0, 0.05) is 88.6 Å². The van der Waals surface area contributed by atoms with Crippen LogP contribution in [0, 0.1) is 0 Å². The lowest BCUT2D eigenvalue weighted by atomic mass is 9.80. The van der Waals surface area contributed by atoms with Gasteiger partial charge in [0.15, 0.2) is 0 Å². The fourth-order valence-corrected chi connectivity index (χ4v) is 14.1. The summed E-state index contributed by atoms with van der Waals surface area (Å²) in [5, 5.41) is 11.2. The van der Waals surface area contributed by atoms with E-state index in [1.807, 2.05) is 0 Å². The van der Waals surface area contributed by atoms with Crippen LogP contribution in [-0.2, 0) is 21.7 Å². The lowest BCUT2D eigenvalue weighted by molar-refractivity contribution is 0.567. The maximum Gasteiger partial charge on any atom is 0.136 e. The number of aromatic nitrogens is 2. The van der Waals surface area contributed by atoms with Crippen LogP contribution in [-0.4, -0.2) is 9.13 Å². The first-order valence-electron chi connectivity index (χ1n) is 32.5. The first-order valence-corrected chi connectivity index (χ1v) is 32.5. The molecule has 0 amide bonds. The normalized spacial score (nSPS) is 12.8. The van der Waals surface area contributed by atoms with Crippen molar-refractivity contribution in [2.24, 2.45) is 0 Å². The molecule has 0 spiro atoms. The van der Waals surface area contributed by atoms with Gasteiger partial charge in [-0.05, 0) is 212 Å². The largest absolute Gasteiger partial charge is 0.456 e. The van der Waals surface area contributed by atoms with Crippen molar-refractivity contribution in [3.05, 3.63) is 265 Å². The molecule has 4 aromatic heterocycles. The number of para-hydroxylation sites is 4. The minimum Gasteiger partial charge on any atom is -0.456 e. The van der Waals surface area contributed by atoms with Crippen LogP contribution in [0.2, 0.25) is 0 Å². The third-order valence-electron chi connectivity index (χ3n) is 19.2. The fraction of sp³-hybridized carbons (Fsp3) is 0.186. The average Bonchev–Trinajstić information content (AvgIpc) is 1.58. The van der Waals surface area contributed by atoms with Crippen LogP contribution in [0.1, 0.15) is 105 Å². The molecule has 6 nitrogen and oxygen atoms in total. The van der Waals surface area contributed by atoms with Crippen molar-refractivity contribution in [3.8, 4) is 11.4 Å². The molecule has 0 fully saturated rings. The van der Waals surface area contributed by atoms with E-state index < -0.39 is 0 Å². The van der Waals surface area contributed by atoms with Crippen molar-refractivity contribution in [2.45, 2.75) is 105 Å². The number of benzene rings is 12. The van der Waals surface area contributed by atoms with Gasteiger partial charge in [0.25, 0.3) is 0 Å². The van der Waals surface area contributed by atoms with Gasteiger partial charge in [0.2, 0.25) is 0 Å². The fourth-order valence-electron chi connectivity index (χ4n) is 14.1. The second-order valence-electron chi connectivity index (χ2n) is 29.6. The Kier molecular flexibility index (Phi) is 12.7. The van der Waals surface area contributed by atoms with Crippen molar-refractivity contribution in [1.29, 1.82) is 0 Å². The average molecular weight is 1200 g/mol. The van der Waals surface area contributed by atoms with Crippen LogP contribution >= 0.6 is 0 Å². The standard InChI is InChI=1S/C86H76N4O2/c1-83(2,3)55-43-56(84(4,5)6)46-65(45-55)89-75-29-21-19-27-67(75)69-49-61(31-35-77(69)89)87(59-23-15-13-16-24-59)63-33-37-79-73(51-63)71-39-53-42-82-72(40-54(53)41-81(71)91-79)74-52-64(34-38-80(74)92-82)88(60-25-17-14-18-26-60)62-32-36-78-70(50-62)68-28-20-22-30-76(68)90(78)66-47-57(85(7,8)9)44-58(48-66)86(10,11)12/h13-52H,1-12H3. The highest BCUT2D eigenvalue weighted by Gasteiger charge is 2.27. The molecule has 0 atom stereocenters. The van der Waals surface area contributed by atoms with E-state index in [-0.39, 0.29) is 21.7 Å². The first-order chi connectivity index (χ1) is 44.1. The van der Waals surface area contributed by atoms with Crippen molar-refractivity contribution in [1.82, 2.24) is 9.13 Å². The molecule has 16 aromatic rings. The van der Waals surface area contributed by atoms with Crippen molar-refractivity contribution < 1.29 is 8.83 Å². The maximum atomic E-state index is 6.81. The van der Waals surface area contributed by atoms with E-state index in [4.69, 9.17) is 8.83 Å². The third-order valence-corrected chi connectivity index (χ3v) is 19.2. The molecule has 0 saturated carbocycles. The molecule has 0 unspecified atom stereocenters. The molecular weight excluding hydrogens is 1120 g/mol. The molecule has 16 rings (SSSR count). The van der Waals surface area contributed by atoms with Gasteiger partial charge in [-0.2, -0.15) is 0 Å². The second-order valence-corrected chi connectivity index (χ2v) is 29.6. The van der Waals surface area contributed by atoms with Gasteiger partial charge in [0.05, 0.1) is 22.1 Å². The predicted molar refractivity (Wildman–Crippen MR) is 391 cm³/mol. The molecule has 4 heterocycles. The number of nitrogens with zero attached hydrogens (tertiary/aromatic N) is 4. The summed E-state index contributed by atoms with van der Waals surface area (Å²) in [5.74, 6) is 0. The maximum absolute atomic E-state index is 6.81. The van der Waals surface area contributed by atoms with E-state index in [0.717, 1.165) is 88.8 Å². The van der Waals surface area contributed by atoms with E-state index in [1.165, 1.54) is 77.2 Å². The Morgan fingerprint density at radius 1 is 0.239 bits per heavy atom. The molecular formula is C86H76N4O2. The van der Waals surface area contributed by atoms with E-state index in [0.29, 0.717) is 0 Å². The number of fused-ring (bicyclic) bond motifs is 13. The van der Waals surface area contributed by atoms with Crippen LogP contribution in [0.4, 0.5) is 34.1 Å². The van der Waals surface area contributed by atoms with E-state index in [2.05, 4.69) is 345 Å². The highest BCUT2D eigenvalue weighted by molar-refractivity contribution is 6.17. The molecule has 0 aliphatic rings. The SMILES string of the molecule is CC(C)(C)c1cc(-n2c3ccccc3c3cc(N(c4ccccc4)c4ccc5oc6cc7cc8c(cc7cc6c5c4)oc4ccc(N(c5ccccc5)c5ccc6c(c5)c5ccccc5n6-c5cc(C(C)(C)C)cc(C(C)(C)C)c5)cc48)ccc32)cc(C(C)(C)C)c1.